The molecule has 2 aliphatic rings. The number of hydrogen-bond acceptors (Lipinski definition) is 2. The first-order valence-corrected chi connectivity index (χ1v) is 7.57. The first-order valence-electron chi connectivity index (χ1n) is 6.78. The Kier molecular flexibility index (Phi) is 3.48. The molecular formula is C15H17BrFNO. The molecule has 1 heterocycles. The van der Waals surface area contributed by atoms with Gasteiger partial charge in [0, 0.05) is 16.8 Å². The minimum atomic E-state index is -0.274. The van der Waals surface area contributed by atoms with Gasteiger partial charge in [0.1, 0.15) is 11.6 Å². The second kappa shape index (κ2) is 4.98. The molecule has 102 valence electrons. The molecular weight excluding hydrogens is 309 g/mol. The van der Waals surface area contributed by atoms with Gasteiger partial charge in [-0.3, -0.25) is 4.79 Å². The molecule has 1 saturated carbocycles. The van der Waals surface area contributed by atoms with Crippen molar-refractivity contribution in [1.82, 2.24) is 5.32 Å². The van der Waals surface area contributed by atoms with Crippen LogP contribution in [-0.2, 0) is 11.2 Å². The summed E-state index contributed by atoms with van der Waals surface area (Å²) in [5.41, 5.74) is 1.18. The average molecular weight is 326 g/mol. The van der Waals surface area contributed by atoms with Gasteiger partial charge < -0.3 is 5.32 Å². The summed E-state index contributed by atoms with van der Waals surface area (Å²) in [6.07, 6.45) is 3.70. The highest BCUT2D eigenvalue weighted by Crippen LogP contribution is 2.59. The van der Waals surface area contributed by atoms with E-state index >= 15 is 0 Å². The van der Waals surface area contributed by atoms with Crippen LogP contribution >= 0.6 is 15.9 Å². The van der Waals surface area contributed by atoms with Gasteiger partial charge in [-0.25, -0.2) is 4.39 Å². The minimum absolute atomic E-state index is 0.228. The SMILES string of the molecule is O=C(Cc1ccc(F)cc1Br)C1CC12CCNCC2. The van der Waals surface area contributed by atoms with Gasteiger partial charge in [-0.15, -0.1) is 0 Å². The van der Waals surface area contributed by atoms with Crippen LogP contribution in [0, 0.1) is 17.2 Å². The van der Waals surface area contributed by atoms with Gasteiger partial charge in [0.25, 0.3) is 0 Å². The molecule has 1 unspecified atom stereocenters. The molecule has 1 N–H and O–H groups in total. The van der Waals surface area contributed by atoms with Gasteiger partial charge in [-0.05, 0) is 55.5 Å². The molecule has 2 fully saturated rings. The van der Waals surface area contributed by atoms with Gasteiger partial charge in [0.2, 0.25) is 0 Å². The fourth-order valence-corrected chi connectivity index (χ4v) is 3.75. The highest BCUT2D eigenvalue weighted by molar-refractivity contribution is 9.10. The fourth-order valence-electron chi connectivity index (χ4n) is 3.26. The highest BCUT2D eigenvalue weighted by Gasteiger charge is 2.56. The van der Waals surface area contributed by atoms with E-state index in [1.165, 1.54) is 12.1 Å². The lowest BCUT2D eigenvalue weighted by Gasteiger charge is -2.23. The third-order valence-corrected chi connectivity index (χ3v) is 5.30. The topological polar surface area (TPSA) is 29.1 Å². The van der Waals surface area contributed by atoms with Crippen molar-refractivity contribution >= 4 is 21.7 Å². The van der Waals surface area contributed by atoms with Crippen molar-refractivity contribution in [3.05, 3.63) is 34.1 Å². The Bertz CT molecular complexity index is 511. The van der Waals surface area contributed by atoms with Gasteiger partial charge in [0.15, 0.2) is 0 Å². The predicted molar refractivity (Wildman–Crippen MR) is 75.5 cm³/mol. The molecule has 3 rings (SSSR count). The van der Waals surface area contributed by atoms with E-state index in [2.05, 4.69) is 21.2 Å². The van der Waals surface area contributed by atoms with E-state index in [1.54, 1.807) is 6.07 Å². The Morgan fingerprint density at radius 2 is 2.16 bits per heavy atom. The minimum Gasteiger partial charge on any atom is -0.317 e. The Labute approximate surface area is 120 Å². The van der Waals surface area contributed by atoms with Crippen molar-refractivity contribution < 1.29 is 9.18 Å². The van der Waals surface area contributed by atoms with Crippen molar-refractivity contribution in [3.63, 3.8) is 0 Å². The smallest absolute Gasteiger partial charge is 0.140 e. The van der Waals surface area contributed by atoms with Crippen LogP contribution in [0.5, 0.6) is 0 Å². The van der Waals surface area contributed by atoms with E-state index in [1.807, 2.05) is 0 Å². The molecule has 4 heteroatoms. The number of ketones is 1. The number of piperidine rings is 1. The lowest BCUT2D eigenvalue weighted by Crippen LogP contribution is -2.31. The zero-order chi connectivity index (χ0) is 13.5. The largest absolute Gasteiger partial charge is 0.317 e. The summed E-state index contributed by atoms with van der Waals surface area (Å²) in [4.78, 5) is 12.4. The lowest BCUT2D eigenvalue weighted by molar-refractivity contribution is -0.120. The quantitative estimate of drug-likeness (QED) is 0.925. The molecule has 0 bridgehead atoms. The summed E-state index contributed by atoms with van der Waals surface area (Å²) in [5.74, 6) is 0.269. The first-order chi connectivity index (χ1) is 9.11. The molecule has 1 aliphatic carbocycles. The third kappa shape index (κ3) is 2.61. The lowest BCUT2D eigenvalue weighted by atomic mass is 9.89. The van der Waals surface area contributed by atoms with Crippen LogP contribution in [0.4, 0.5) is 4.39 Å². The van der Waals surface area contributed by atoms with Crippen LogP contribution in [0.1, 0.15) is 24.8 Å². The van der Waals surface area contributed by atoms with E-state index < -0.39 is 0 Å². The van der Waals surface area contributed by atoms with Crippen molar-refractivity contribution in [1.29, 1.82) is 0 Å². The number of hydrogen-bond donors (Lipinski definition) is 1. The van der Waals surface area contributed by atoms with Crippen LogP contribution in [0.2, 0.25) is 0 Å². The Morgan fingerprint density at radius 3 is 2.84 bits per heavy atom. The van der Waals surface area contributed by atoms with E-state index in [0.717, 1.165) is 37.9 Å². The number of benzene rings is 1. The monoisotopic (exact) mass is 325 g/mol. The maximum absolute atomic E-state index is 13.0. The van der Waals surface area contributed by atoms with Crippen molar-refractivity contribution in [2.75, 3.05) is 13.1 Å². The second-order valence-electron chi connectivity index (χ2n) is 5.75. The molecule has 1 aliphatic heterocycles. The molecule has 1 saturated heterocycles. The van der Waals surface area contributed by atoms with Gasteiger partial charge in [0.05, 0.1) is 0 Å². The molecule has 1 aromatic carbocycles. The number of nitrogens with one attached hydrogen (secondary N) is 1. The van der Waals surface area contributed by atoms with Gasteiger partial charge in [-0.1, -0.05) is 22.0 Å². The fraction of sp³-hybridized carbons (Fsp3) is 0.533. The normalized spacial score (nSPS) is 24.4. The van der Waals surface area contributed by atoms with E-state index in [4.69, 9.17) is 0 Å². The molecule has 0 aromatic heterocycles. The summed E-state index contributed by atoms with van der Waals surface area (Å²) in [6, 6.07) is 4.55. The maximum atomic E-state index is 13.0. The summed E-state index contributed by atoms with van der Waals surface area (Å²) >= 11 is 3.33. The second-order valence-corrected chi connectivity index (χ2v) is 6.60. The average Bonchev–Trinajstić information content (AvgIpc) is 3.07. The summed E-state index contributed by atoms with van der Waals surface area (Å²) in [5, 5.41) is 3.34. The highest BCUT2D eigenvalue weighted by atomic mass is 79.9. The number of carbonyl (C=O) groups excluding carboxylic acids is 1. The zero-order valence-corrected chi connectivity index (χ0v) is 12.3. The number of halogens is 2. The van der Waals surface area contributed by atoms with Gasteiger partial charge in [-0.2, -0.15) is 0 Å². The summed E-state index contributed by atoms with van der Waals surface area (Å²) < 4.78 is 13.7. The summed E-state index contributed by atoms with van der Waals surface area (Å²) in [7, 11) is 0. The van der Waals surface area contributed by atoms with Crippen LogP contribution < -0.4 is 5.32 Å². The standard InChI is InChI=1S/C15H17BrFNO/c16-13-8-11(17)2-1-10(13)7-14(19)12-9-15(12)3-5-18-6-4-15/h1-2,8,12,18H,3-7,9H2. The van der Waals surface area contributed by atoms with Crippen LogP contribution in [0.3, 0.4) is 0 Å². The van der Waals surface area contributed by atoms with Crippen molar-refractivity contribution in [2.24, 2.45) is 11.3 Å². The molecule has 0 amide bonds. The molecule has 19 heavy (non-hydrogen) atoms. The number of rotatable bonds is 3. The number of carbonyl (C=O) groups is 1. The summed E-state index contributed by atoms with van der Waals surface area (Å²) in [6.45, 7) is 2.06. The molecule has 1 aromatic rings. The van der Waals surface area contributed by atoms with E-state index in [9.17, 15) is 9.18 Å². The van der Waals surface area contributed by atoms with Crippen molar-refractivity contribution in [2.45, 2.75) is 25.7 Å². The first kappa shape index (κ1) is 13.3. The number of Topliss-reactive ketones (excluding diaryl/α,β-unsaturated/α-hetero) is 1. The predicted octanol–water partition coefficient (Wildman–Crippen LogP) is 3.09. The Morgan fingerprint density at radius 1 is 1.42 bits per heavy atom. The Hall–Kier alpha value is -0.740. The molecule has 0 radical (unpaired) electrons. The molecule has 1 spiro atoms. The van der Waals surface area contributed by atoms with Crippen LogP contribution in [0.15, 0.2) is 22.7 Å². The Balaban J connectivity index is 1.66. The van der Waals surface area contributed by atoms with Crippen LogP contribution in [-0.4, -0.2) is 18.9 Å². The molecule has 1 atom stereocenters. The maximum Gasteiger partial charge on any atom is 0.140 e. The van der Waals surface area contributed by atoms with E-state index in [0.29, 0.717) is 16.7 Å². The van der Waals surface area contributed by atoms with E-state index in [-0.39, 0.29) is 17.2 Å². The molecule has 2 nitrogen and oxygen atoms in total. The van der Waals surface area contributed by atoms with Gasteiger partial charge >= 0.3 is 0 Å². The zero-order valence-electron chi connectivity index (χ0n) is 10.7. The third-order valence-electron chi connectivity index (χ3n) is 4.56. The van der Waals surface area contributed by atoms with Crippen molar-refractivity contribution in [3.8, 4) is 0 Å². The van der Waals surface area contributed by atoms with Crippen LogP contribution in [0.25, 0.3) is 0 Å².